The van der Waals surface area contributed by atoms with Crippen molar-refractivity contribution < 1.29 is 13.2 Å². The number of hydrogen-bond acceptors (Lipinski definition) is 3. The number of amides is 1. The minimum atomic E-state index is -3.32. The summed E-state index contributed by atoms with van der Waals surface area (Å²) in [4.78, 5) is 15.1. The maximum atomic E-state index is 13.2. The third-order valence-corrected chi connectivity index (χ3v) is 6.55. The summed E-state index contributed by atoms with van der Waals surface area (Å²) in [5, 5.41) is 0. The zero-order chi connectivity index (χ0) is 19.2. The molecule has 2 aromatic carbocycles. The van der Waals surface area contributed by atoms with Crippen molar-refractivity contribution in [3.05, 3.63) is 65.2 Å². The number of anilines is 1. The monoisotopic (exact) mass is 384 g/mol. The summed E-state index contributed by atoms with van der Waals surface area (Å²) in [5.74, 6) is 0.0228. The topological polar surface area (TPSA) is 57.7 Å². The Balaban J connectivity index is 1.62. The summed E-state index contributed by atoms with van der Waals surface area (Å²) in [5.41, 5.74) is 3.38. The van der Waals surface area contributed by atoms with Gasteiger partial charge in [-0.2, -0.15) is 0 Å². The van der Waals surface area contributed by atoms with Gasteiger partial charge < -0.3 is 4.90 Å². The molecule has 27 heavy (non-hydrogen) atoms. The average molecular weight is 385 g/mol. The number of hydrogen-bond donors (Lipinski definition) is 0. The van der Waals surface area contributed by atoms with Crippen LogP contribution in [-0.2, 0) is 23.0 Å². The van der Waals surface area contributed by atoms with E-state index in [0.717, 1.165) is 24.0 Å². The van der Waals surface area contributed by atoms with E-state index in [1.54, 1.807) is 12.1 Å². The first-order valence-corrected chi connectivity index (χ1v) is 11.2. The van der Waals surface area contributed by atoms with Gasteiger partial charge in [0, 0.05) is 24.2 Å². The van der Waals surface area contributed by atoms with Crippen molar-refractivity contribution in [3.8, 4) is 0 Å². The van der Waals surface area contributed by atoms with E-state index < -0.39 is 10.0 Å². The molecule has 6 heteroatoms. The molecule has 2 aromatic rings. The maximum absolute atomic E-state index is 13.2. The van der Waals surface area contributed by atoms with Gasteiger partial charge in [-0.05, 0) is 55.5 Å². The molecule has 2 aliphatic rings. The second-order valence-corrected chi connectivity index (χ2v) is 9.46. The molecular formula is C21H24N2O3S. The number of nitrogens with zero attached hydrogens (tertiary/aromatic N) is 2. The summed E-state index contributed by atoms with van der Waals surface area (Å²) in [6, 6.07) is 15.6. The van der Waals surface area contributed by atoms with E-state index in [1.165, 1.54) is 10.6 Å². The van der Waals surface area contributed by atoms with Crippen molar-refractivity contribution >= 4 is 21.6 Å². The van der Waals surface area contributed by atoms with Crippen molar-refractivity contribution in [2.24, 2.45) is 0 Å². The highest BCUT2D eigenvalue weighted by molar-refractivity contribution is 7.92. The van der Waals surface area contributed by atoms with Crippen molar-refractivity contribution in [1.82, 2.24) is 4.90 Å². The fourth-order valence-corrected chi connectivity index (χ4v) is 5.20. The third-order valence-electron chi connectivity index (χ3n) is 5.28. The molecule has 5 nitrogen and oxygen atoms in total. The summed E-state index contributed by atoms with van der Waals surface area (Å²) >= 11 is 0. The highest BCUT2D eigenvalue weighted by Gasteiger charge is 2.35. The summed E-state index contributed by atoms with van der Waals surface area (Å²) in [6.07, 6.45) is 3.95. The number of benzene rings is 2. The summed E-state index contributed by atoms with van der Waals surface area (Å²) < 4.78 is 25.6. The second kappa shape index (κ2) is 6.68. The molecule has 1 unspecified atom stereocenters. The molecule has 0 N–H and O–H groups in total. The minimum absolute atomic E-state index is 0.0228. The van der Waals surface area contributed by atoms with Gasteiger partial charge in [-0.15, -0.1) is 0 Å². The molecule has 0 aromatic heterocycles. The minimum Gasteiger partial charge on any atom is -0.331 e. The van der Waals surface area contributed by atoms with E-state index in [9.17, 15) is 13.2 Å². The van der Waals surface area contributed by atoms with Crippen LogP contribution in [0.15, 0.2) is 48.5 Å². The molecule has 1 atom stereocenters. The average Bonchev–Trinajstić information content (AvgIpc) is 3.39. The first-order chi connectivity index (χ1) is 12.8. The Morgan fingerprint density at radius 1 is 1.15 bits per heavy atom. The van der Waals surface area contributed by atoms with E-state index in [4.69, 9.17) is 0 Å². The number of sulfonamides is 1. The van der Waals surface area contributed by atoms with Gasteiger partial charge in [-0.25, -0.2) is 8.42 Å². The largest absolute Gasteiger partial charge is 0.331 e. The molecule has 1 amide bonds. The molecule has 1 aliphatic heterocycles. The van der Waals surface area contributed by atoms with Crippen LogP contribution in [0.4, 0.5) is 5.69 Å². The van der Waals surface area contributed by atoms with Crippen molar-refractivity contribution in [3.63, 3.8) is 0 Å². The molecular weight excluding hydrogens is 360 g/mol. The van der Waals surface area contributed by atoms with E-state index >= 15 is 0 Å². The standard InChI is InChI=1S/C21H24N2O3S/c1-15-12-18-13-17(8-11-20(18)23(15)27(2,25)26)21(24)22(19-9-10-19)14-16-6-4-3-5-7-16/h3-8,11,13,15,19H,9-10,12,14H2,1-2H3. The summed E-state index contributed by atoms with van der Waals surface area (Å²) in [7, 11) is -3.32. The van der Waals surface area contributed by atoms with E-state index in [0.29, 0.717) is 30.3 Å². The van der Waals surface area contributed by atoms with Gasteiger partial charge in [0.1, 0.15) is 0 Å². The number of fused-ring (bicyclic) bond motifs is 1. The van der Waals surface area contributed by atoms with Crippen LogP contribution in [0.25, 0.3) is 0 Å². The predicted octanol–water partition coefficient (Wildman–Crippen LogP) is 3.20. The van der Waals surface area contributed by atoms with E-state index in [2.05, 4.69) is 0 Å². The molecule has 0 radical (unpaired) electrons. The van der Waals surface area contributed by atoms with Crippen LogP contribution in [0.2, 0.25) is 0 Å². The molecule has 1 heterocycles. The van der Waals surface area contributed by atoms with Gasteiger partial charge in [0.15, 0.2) is 0 Å². The van der Waals surface area contributed by atoms with Gasteiger partial charge >= 0.3 is 0 Å². The zero-order valence-corrected chi connectivity index (χ0v) is 16.4. The SMILES string of the molecule is CC1Cc2cc(C(=O)N(Cc3ccccc3)C3CC3)ccc2N1S(C)(=O)=O. The van der Waals surface area contributed by atoms with Crippen LogP contribution in [0.3, 0.4) is 0 Å². The molecule has 0 bridgehead atoms. The lowest BCUT2D eigenvalue weighted by Gasteiger charge is -2.24. The highest BCUT2D eigenvalue weighted by atomic mass is 32.2. The van der Waals surface area contributed by atoms with Crippen LogP contribution in [0.1, 0.15) is 41.3 Å². The molecule has 1 saturated carbocycles. The quantitative estimate of drug-likeness (QED) is 0.795. The molecule has 4 rings (SSSR count). The molecule has 0 saturated heterocycles. The lowest BCUT2D eigenvalue weighted by molar-refractivity contribution is 0.0730. The van der Waals surface area contributed by atoms with Crippen molar-refractivity contribution in [2.45, 2.75) is 44.8 Å². The van der Waals surface area contributed by atoms with Crippen LogP contribution in [0.5, 0.6) is 0 Å². The Morgan fingerprint density at radius 2 is 1.85 bits per heavy atom. The van der Waals surface area contributed by atoms with Crippen molar-refractivity contribution in [2.75, 3.05) is 10.6 Å². The Kier molecular flexibility index (Phi) is 4.46. The first-order valence-electron chi connectivity index (χ1n) is 9.32. The Morgan fingerprint density at radius 3 is 2.48 bits per heavy atom. The fraction of sp³-hybridized carbons (Fsp3) is 0.381. The lowest BCUT2D eigenvalue weighted by Crippen LogP contribution is -2.34. The Hall–Kier alpha value is -2.34. The second-order valence-electron chi connectivity index (χ2n) is 7.61. The molecule has 142 valence electrons. The van der Waals surface area contributed by atoms with Gasteiger partial charge in [0.25, 0.3) is 5.91 Å². The molecule has 1 fully saturated rings. The number of rotatable bonds is 5. The van der Waals surface area contributed by atoms with E-state index in [1.807, 2.05) is 48.2 Å². The van der Waals surface area contributed by atoms with Gasteiger partial charge in [-0.3, -0.25) is 9.10 Å². The van der Waals surface area contributed by atoms with Gasteiger partial charge in [0.05, 0.1) is 11.9 Å². The van der Waals surface area contributed by atoms with Crippen LogP contribution in [-0.4, -0.2) is 37.6 Å². The number of carbonyl (C=O) groups excluding carboxylic acids is 1. The first kappa shape index (κ1) is 18.0. The Labute approximate surface area is 160 Å². The van der Waals surface area contributed by atoms with Crippen LogP contribution < -0.4 is 4.31 Å². The maximum Gasteiger partial charge on any atom is 0.254 e. The van der Waals surface area contributed by atoms with Crippen LogP contribution >= 0.6 is 0 Å². The Bertz CT molecular complexity index is 968. The smallest absolute Gasteiger partial charge is 0.254 e. The normalized spacial score (nSPS) is 19.0. The highest BCUT2D eigenvalue weighted by Crippen LogP contribution is 2.36. The number of carbonyl (C=O) groups is 1. The molecule has 1 aliphatic carbocycles. The third kappa shape index (κ3) is 3.58. The fourth-order valence-electron chi connectivity index (χ4n) is 3.94. The summed E-state index contributed by atoms with van der Waals surface area (Å²) in [6.45, 7) is 2.50. The van der Waals surface area contributed by atoms with Crippen molar-refractivity contribution in [1.29, 1.82) is 0 Å². The zero-order valence-electron chi connectivity index (χ0n) is 15.6. The van der Waals surface area contributed by atoms with Gasteiger partial charge in [0.2, 0.25) is 10.0 Å². The van der Waals surface area contributed by atoms with E-state index in [-0.39, 0.29) is 11.9 Å². The van der Waals surface area contributed by atoms with Crippen LogP contribution in [0, 0.1) is 0 Å². The van der Waals surface area contributed by atoms with Gasteiger partial charge in [-0.1, -0.05) is 30.3 Å². The molecule has 0 spiro atoms. The predicted molar refractivity (Wildman–Crippen MR) is 106 cm³/mol. The lowest BCUT2D eigenvalue weighted by atomic mass is 10.1.